The smallest absolute Gasteiger partial charge is 0.314 e. The molecule has 112 valence electrons. The first-order valence-corrected chi connectivity index (χ1v) is 7.80. The number of benzene rings is 2. The van der Waals surface area contributed by atoms with Gasteiger partial charge in [-0.25, -0.2) is 0 Å². The van der Waals surface area contributed by atoms with E-state index >= 15 is 0 Å². The van der Waals surface area contributed by atoms with Gasteiger partial charge in [0.1, 0.15) is 5.75 Å². The zero-order valence-electron chi connectivity index (χ0n) is 11.7. The molecule has 0 spiro atoms. The van der Waals surface area contributed by atoms with Gasteiger partial charge in [-0.15, -0.1) is 0 Å². The van der Waals surface area contributed by atoms with Crippen molar-refractivity contribution in [2.45, 2.75) is 12.8 Å². The highest BCUT2D eigenvalue weighted by atomic mass is 79.9. The second-order valence-corrected chi connectivity index (χ2v) is 6.01. The summed E-state index contributed by atoms with van der Waals surface area (Å²) in [6, 6.07) is 14.0. The maximum absolute atomic E-state index is 12.2. The first-order chi connectivity index (χ1) is 10.6. The maximum atomic E-state index is 12.2. The van der Waals surface area contributed by atoms with Crippen LogP contribution in [0.1, 0.15) is 23.2 Å². The molecule has 3 rings (SSSR count). The number of esters is 1. The average molecular weight is 360 g/mol. The molecule has 0 aromatic heterocycles. The minimum Gasteiger partial charge on any atom is -0.426 e. The van der Waals surface area contributed by atoms with Crippen LogP contribution in [-0.2, 0) is 4.79 Å². The van der Waals surface area contributed by atoms with Gasteiger partial charge in [0.15, 0.2) is 0 Å². The Bertz CT molecular complexity index is 708. The summed E-state index contributed by atoms with van der Waals surface area (Å²) in [5, 5.41) is 2.81. The third-order valence-electron chi connectivity index (χ3n) is 3.36. The lowest BCUT2D eigenvalue weighted by molar-refractivity contribution is -0.135. The van der Waals surface area contributed by atoms with Crippen molar-refractivity contribution in [2.75, 3.05) is 5.32 Å². The summed E-state index contributed by atoms with van der Waals surface area (Å²) < 4.78 is 5.98. The molecule has 0 heterocycles. The lowest BCUT2D eigenvalue weighted by Gasteiger charge is -2.08. The molecular weight excluding hydrogens is 346 g/mol. The molecule has 1 aliphatic rings. The number of halogens is 1. The number of anilines is 1. The van der Waals surface area contributed by atoms with Gasteiger partial charge in [-0.05, 0) is 65.2 Å². The molecule has 2 aromatic rings. The number of carbonyl (C=O) groups excluding carboxylic acids is 2. The number of nitrogens with one attached hydrogen (secondary N) is 1. The van der Waals surface area contributed by atoms with Crippen molar-refractivity contribution in [1.29, 1.82) is 0 Å². The Morgan fingerprint density at radius 2 is 1.73 bits per heavy atom. The number of hydrogen-bond acceptors (Lipinski definition) is 3. The van der Waals surface area contributed by atoms with E-state index in [1.807, 2.05) is 12.1 Å². The summed E-state index contributed by atoms with van der Waals surface area (Å²) in [4.78, 5) is 23.7. The molecular formula is C17H14BrNO3. The van der Waals surface area contributed by atoms with Crippen molar-refractivity contribution in [1.82, 2.24) is 0 Å². The van der Waals surface area contributed by atoms with Gasteiger partial charge in [0.2, 0.25) is 0 Å². The van der Waals surface area contributed by atoms with Gasteiger partial charge in [-0.3, -0.25) is 9.59 Å². The Balaban J connectivity index is 1.64. The highest BCUT2D eigenvalue weighted by Gasteiger charge is 2.31. The molecule has 22 heavy (non-hydrogen) atoms. The molecule has 0 aliphatic heterocycles. The summed E-state index contributed by atoms with van der Waals surface area (Å²) in [6.45, 7) is 0. The fourth-order valence-corrected chi connectivity index (χ4v) is 2.43. The van der Waals surface area contributed by atoms with Crippen LogP contribution < -0.4 is 10.1 Å². The fraction of sp³-hybridized carbons (Fsp3) is 0.176. The predicted molar refractivity (Wildman–Crippen MR) is 86.9 cm³/mol. The average Bonchev–Trinajstić information content (AvgIpc) is 3.34. The van der Waals surface area contributed by atoms with Crippen molar-refractivity contribution in [3.63, 3.8) is 0 Å². The normalized spacial score (nSPS) is 13.5. The zero-order chi connectivity index (χ0) is 15.5. The lowest BCUT2D eigenvalue weighted by atomic mass is 10.2. The Morgan fingerprint density at radius 3 is 2.36 bits per heavy atom. The van der Waals surface area contributed by atoms with Crippen LogP contribution in [0.3, 0.4) is 0 Å². The molecule has 0 unspecified atom stereocenters. The molecule has 1 N–H and O–H groups in total. The molecule has 0 radical (unpaired) electrons. The summed E-state index contributed by atoms with van der Waals surface area (Å²) in [7, 11) is 0. The van der Waals surface area contributed by atoms with E-state index in [0.29, 0.717) is 17.0 Å². The number of carbonyl (C=O) groups is 2. The van der Waals surface area contributed by atoms with Gasteiger partial charge in [-0.2, -0.15) is 0 Å². The van der Waals surface area contributed by atoms with E-state index in [-0.39, 0.29) is 17.8 Å². The van der Waals surface area contributed by atoms with Gasteiger partial charge in [0.05, 0.1) is 11.5 Å². The highest BCUT2D eigenvalue weighted by Crippen LogP contribution is 2.31. The number of ether oxygens (including phenoxy) is 1. The van der Waals surface area contributed by atoms with E-state index in [4.69, 9.17) is 4.74 Å². The highest BCUT2D eigenvalue weighted by molar-refractivity contribution is 9.10. The fourth-order valence-electron chi connectivity index (χ4n) is 1.97. The molecule has 1 fully saturated rings. The number of amides is 1. The van der Waals surface area contributed by atoms with Crippen molar-refractivity contribution in [2.24, 2.45) is 5.92 Å². The predicted octanol–water partition coefficient (Wildman–Crippen LogP) is 4.02. The minimum absolute atomic E-state index is 0.0646. The van der Waals surface area contributed by atoms with Gasteiger partial charge in [-0.1, -0.05) is 12.1 Å². The molecule has 5 heteroatoms. The quantitative estimate of drug-likeness (QED) is 0.662. The second-order valence-electron chi connectivity index (χ2n) is 5.15. The lowest BCUT2D eigenvalue weighted by Crippen LogP contribution is -2.13. The Morgan fingerprint density at radius 1 is 1.05 bits per heavy atom. The van der Waals surface area contributed by atoms with Crippen LogP contribution in [0.15, 0.2) is 53.0 Å². The molecule has 1 amide bonds. The van der Waals surface area contributed by atoms with Crippen LogP contribution in [-0.4, -0.2) is 11.9 Å². The number of rotatable bonds is 4. The van der Waals surface area contributed by atoms with Gasteiger partial charge < -0.3 is 10.1 Å². The molecule has 1 saturated carbocycles. The zero-order valence-corrected chi connectivity index (χ0v) is 13.3. The maximum Gasteiger partial charge on any atom is 0.314 e. The van der Waals surface area contributed by atoms with Crippen molar-refractivity contribution in [3.8, 4) is 5.75 Å². The molecule has 4 nitrogen and oxygen atoms in total. The van der Waals surface area contributed by atoms with E-state index in [9.17, 15) is 9.59 Å². The largest absolute Gasteiger partial charge is 0.426 e. The van der Waals surface area contributed by atoms with Crippen LogP contribution in [0.25, 0.3) is 0 Å². The van der Waals surface area contributed by atoms with E-state index in [1.54, 1.807) is 36.4 Å². The monoisotopic (exact) mass is 359 g/mol. The van der Waals surface area contributed by atoms with Gasteiger partial charge in [0, 0.05) is 10.2 Å². The summed E-state index contributed by atoms with van der Waals surface area (Å²) in [5.41, 5.74) is 1.21. The third kappa shape index (κ3) is 3.54. The van der Waals surface area contributed by atoms with Crippen LogP contribution in [0.2, 0.25) is 0 Å². The Kier molecular flexibility index (Phi) is 4.24. The van der Waals surface area contributed by atoms with E-state index in [2.05, 4.69) is 21.2 Å². The third-order valence-corrected chi connectivity index (χ3v) is 4.05. The van der Waals surface area contributed by atoms with E-state index < -0.39 is 0 Å². The molecule has 1 aliphatic carbocycles. The van der Waals surface area contributed by atoms with E-state index in [1.165, 1.54) is 0 Å². The van der Waals surface area contributed by atoms with Gasteiger partial charge >= 0.3 is 5.97 Å². The molecule has 0 atom stereocenters. The SMILES string of the molecule is O=C(Nc1ccc(OC(=O)C2CC2)cc1)c1ccccc1Br. The van der Waals surface area contributed by atoms with Crippen LogP contribution in [0.4, 0.5) is 5.69 Å². The van der Waals surface area contributed by atoms with Crippen molar-refractivity contribution in [3.05, 3.63) is 58.6 Å². The van der Waals surface area contributed by atoms with Crippen LogP contribution in [0, 0.1) is 5.92 Å². The minimum atomic E-state index is -0.199. The topological polar surface area (TPSA) is 55.4 Å². The Labute approximate surface area is 136 Å². The molecule has 0 bridgehead atoms. The second kappa shape index (κ2) is 6.32. The first-order valence-electron chi connectivity index (χ1n) is 7.01. The van der Waals surface area contributed by atoms with Gasteiger partial charge in [0.25, 0.3) is 5.91 Å². The summed E-state index contributed by atoms with van der Waals surface area (Å²) >= 11 is 3.35. The van der Waals surface area contributed by atoms with Crippen LogP contribution in [0.5, 0.6) is 5.75 Å². The van der Waals surface area contributed by atoms with Crippen molar-refractivity contribution < 1.29 is 14.3 Å². The molecule has 2 aromatic carbocycles. The summed E-state index contributed by atoms with van der Waals surface area (Å²) in [6.07, 6.45) is 1.83. The summed E-state index contributed by atoms with van der Waals surface area (Å²) in [5.74, 6) is 0.186. The van der Waals surface area contributed by atoms with Crippen molar-refractivity contribution >= 4 is 33.5 Å². The number of hydrogen-bond donors (Lipinski definition) is 1. The van der Waals surface area contributed by atoms with Crippen LogP contribution >= 0.6 is 15.9 Å². The first kappa shape index (κ1) is 14.8. The standard InChI is InChI=1S/C17H14BrNO3/c18-15-4-2-1-3-14(15)16(20)19-12-7-9-13(10-8-12)22-17(21)11-5-6-11/h1-4,7-11H,5-6H2,(H,19,20). The van der Waals surface area contributed by atoms with E-state index in [0.717, 1.165) is 17.3 Å². The Hall–Kier alpha value is -2.14. The molecule has 0 saturated heterocycles.